The van der Waals surface area contributed by atoms with Crippen molar-refractivity contribution in [3.63, 3.8) is 0 Å². The lowest BCUT2D eigenvalue weighted by atomic mass is 10.1. The molecular formula is C18H25NO4. The molecule has 5 nitrogen and oxygen atoms in total. The van der Waals surface area contributed by atoms with E-state index in [1.165, 1.54) is 12.8 Å². The van der Waals surface area contributed by atoms with Crippen molar-refractivity contribution in [1.82, 2.24) is 4.90 Å². The minimum Gasteiger partial charge on any atom is -0.497 e. The topological polar surface area (TPSA) is 48.0 Å². The van der Waals surface area contributed by atoms with E-state index in [9.17, 15) is 4.79 Å². The maximum atomic E-state index is 12.6. The summed E-state index contributed by atoms with van der Waals surface area (Å²) in [5.74, 6) is 2.05. The molecule has 0 spiro atoms. The third kappa shape index (κ3) is 4.16. The van der Waals surface area contributed by atoms with Crippen LogP contribution in [0, 0.1) is 5.92 Å². The van der Waals surface area contributed by atoms with Gasteiger partial charge >= 0.3 is 0 Å². The van der Waals surface area contributed by atoms with Gasteiger partial charge in [0.05, 0.1) is 26.9 Å². The highest BCUT2D eigenvalue weighted by molar-refractivity contribution is 5.79. The monoisotopic (exact) mass is 319 g/mol. The van der Waals surface area contributed by atoms with Crippen molar-refractivity contribution in [3.8, 4) is 11.5 Å². The highest BCUT2D eigenvalue weighted by Gasteiger charge is 2.30. The van der Waals surface area contributed by atoms with E-state index in [4.69, 9.17) is 14.2 Å². The lowest BCUT2D eigenvalue weighted by Gasteiger charge is -2.26. The van der Waals surface area contributed by atoms with E-state index >= 15 is 0 Å². The average Bonchev–Trinajstić information content (AvgIpc) is 3.02. The van der Waals surface area contributed by atoms with Crippen LogP contribution in [0.15, 0.2) is 24.3 Å². The maximum absolute atomic E-state index is 12.6. The summed E-state index contributed by atoms with van der Waals surface area (Å²) in [7, 11) is 1.64. The largest absolute Gasteiger partial charge is 0.497 e. The fourth-order valence-corrected chi connectivity index (χ4v) is 3.33. The smallest absolute Gasteiger partial charge is 0.225 e. The summed E-state index contributed by atoms with van der Waals surface area (Å²) in [6.45, 7) is 2.36. The molecule has 126 valence electrons. The second kappa shape index (κ2) is 7.68. The summed E-state index contributed by atoms with van der Waals surface area (Å²) in [5.41, 5.74) is 0. The molecule has 0 N–H and O–H groups in total. The van der Waals surface area contributed by atoms with Gasteiger partial charge in [-0.05, 0) is 37.1 Å². The zero-order valence-electron chi connectivity index (χ0n) is 13.7. The van der Waals surface area contributed by atoms with E-state index in [-0.39, 0.29) is 17.9 Å². The highest BCUT2D eigenvalue weighted by Crippen LogP contribution is 2.27. The molecule has 3 rings (SSSR count). The third-order valence-corrected chi connectivity index (χ3v) is 4.61. The molecule has 5 heteroatoms. The Balaban J connectivity index is 1.60. The van der Waals surface area contributed by atoms with Gasteiger partial charge in [0.2, 0.25) is 5.91 Å². The number of carbonyl (C=O) groups excluding carboxylic acids is 1. The van der Waals surface area contributed by atoms with Gasteiger partial charge in [0.25, 0.3) is 0 Å². The predicted molar refractivity (Wildman–Crippen MR) is 86.8 cm³/mol. The number of rotatable bonds is 4. The Morgan fingerprint density at radius 1 is 1.17 bits per heavy atom. The Kier molecular flexibility index (Phi) is 5.39. The van der Waals surface area contributed by atoms with Crippen molar-refractivity contribution in [2.75, 3.05) is 33.4 Å². The van der Waals surface area contributed by atoms with Crippen LogP contribution in [0.4, 0.5) is 0 Å². The SMILES string of the molecule is COc1ccc(O[C@H]2COCCN(C(=O)C3CCCC3)C2)cc1. The fourth-order valence-electron chi connectivity index (χ4n) is 3.33. The first-order valence-corrected chi connectivity index (χ1v) is 8.43. The van der Waals surface area contributed by atoms with Crippen LogP contribution in [-0.2, 0) is 9.53 Å². The van der Waals surface area contributed by atoms with Crippen molar-refractivity contribution in [3.05, 3.63) is 24.3 Å². The Bertz CT molecular complexity index is 510. The van der Waals surface area contributed by atoms with Gasteiger partial charge in [-0.2, -0.15) is 0 Å². The van der Waals surface area contributed by atoms with E-state index < -0.39 is 0 Å². The van der Waals surface area contributed by atoms with E-state index in [0.717, 1.165) is 24.3 Å². The Hall–Kier alpha value is -1.75. The fraction of sp³-hybridized carbons (Fsp3) is 0.611. The summed E-state index contributed by atoms with van der Waals surface area (Å²) in [6, 6.07) is 7.50. The van der Waals surface area contributed by atoms with Crippen LogP contribution in [0.5, 0.6) is 11.5 Å². The van der Waals surface area contributed by atoms with Gasteiger partial charge in [-0.1, -0.05) is 12.8 Å². The first-order valence-electron chi connectivity index (χ1n) is 8.43. The van der Waals surface area contributed by atoms with Gasteiger partial charge in [-0.15, -0.1) is 0 Å². The van der Waals surface area contributed by atoms with Gasteiger partial charge in [0, 0.05) is 12.5 Å². The van der Waals surface area contributed by atoms with Gasteiger partial charge in [-0.25, -0.2) is 0 Å². The summed E-state index contributed by atoms with van der Waals surface area (Å²) in [5, 5.41) is 0. The van der Waals surface area contributed by atoms with Crippen LogP contribution < -0.4 is 9.47 Å². The van der Waals surface area contributed by atoms with Crippen LogP contribution in [0.25, 0.3) is 0 Å². The normalized spacial score (nSPS) is 22.7. The van der Waals surface area contributed by atoms with Gasteiger partial charge < -0.3 is 19.1 Å². The van der Waals surface area contributed by atoms with Gasteiger partial charge in [0.1, 0.15) is 17.6 Å². The van der Waals surface area contributed by atoms with Gasteiger partial charge in [0.15, 0.2) is 0 Å². The van der Waals surface area contributed by atoms with Crippen LogP contribution in [0.2, 0.25) is 0 Å². The van der Waals surface area contributed by atoms with Crippen molar-refractivity contribution < 1.29 is 19.0 Å². The first kappa shape index (κ1) is 16.1. The minimum atomic E-state index is -0.128. The van der Waals surface area contributed by atoms with Crippen molar-refractivity contribution in [1.29, 1.82) is 0 Å². The number of hydrogen-bond donors (Lipinski definition) is 0. The van der Waals surface area contributed by atoms with Crippen LogP contribution in [0.3, 0.4) is 0 Å². The molecule has 0 radical (unpaired) electrons. The van der Waals surface area contributed by atoms with Crippen LogP contribution in [-0.4, -0.2) is 50.3 Å². The molecule has 1 amide bonds. The van der Waals surface area contributed by atoms with E-state index in [0.29, 0.717) is 26.3 Å². The molecule has 1 atom stereocenters. The number of benzene rings is 1. The molecule has 2 aliphatic rings. The minimum absolute atomic E-state index is 0.128. The first-order chi connectivity index (χ1) is 11.3. The number of amides is 1. The van der Waals surface area contributed by atoms with Crippen molar-refractivity contribution >= 4 is 5.91 Å². The molecule has 1 aliphatic carbocycles. The molecule has 1 saturated carbocycles. The molecule has 1 aliphatic heterocycles. The standard InChI is InChI=1S/C18H25NO4/c1-21-15-6-8-16(9-7-15)23-17-12-19(10-11-22-13-17)18(20)14-4-2-3-5-14/h6-9,14,17H,2-5,10-13H2,1H3/t17-/m1/s1. The molecule has 0 unspecified atom stereocenters. The second-order valence-corrected chi connectivity index (χ2v) is 6.26. The summed E-state index contributed by atoms with van der Waals surface area (Å²) >= 11 is 0. The molecule has 1 aromatic rings. The highest BCUT2D eigenvalue weighted by atomic mass is 16.5. The number of hydrogen-bond acceptors (Lipinski definition) is 4. The Morgan fingerprint density at radius 2 is 1.87 bits per heavy atom. The number of nitrogens with zero attached hydrogens (tertiary/aromatic N) is 1. The van der Waals surface area contributed by atoms with Crippen LogP contribution >= 0.6 is 0 Å². The predicted octanol–water partition coefficient (Wildman–Crippen LogP) is 2.49. The molecule has 1 heterocycles. The molecule has 1 saturated heterocycles. The van der Waals surface area contributed by atoms with E-state index in [1.54, 1.807) is 7.11 Å². The second-order valence-electron chi connectivity index (χ2n) is 6.26. The maximum Gasteiger partial charge on any atom is 0.225 e. The Labute approximate surface area is 137 Å². The molecule has 0 aromatic heterocycles. The third-order valence-electron chi connectivity index (χ3n) is 4.61. The average molecular weight is 319 g/mol. The summed E-state index contributed by atoms with van der Waals surface area (Å²) < 4.78 is 16.8. The van der Waals surface area contributed by atoms with Gasteiger partial charge in [-0.3, -0.25) is 4.79 Å². The molecule has 23 heavy (non-hydrogen) atoms. The number of ether oxygens (including phenoxy) is 3. The lowest BCUT2D eigenvalue weighted by molar-refractivity contribution is -0.136. The zero-order chi connectivity index (χ0) is 16.1. The molecule has 0 bridgehead atoms. The quantitative estimate of drug-likeness (QED) is 0.855. The van der Waals surface area contributed by atoms with Crippen LogP contribution in [0.1, 0.15) is 25.7 Å². The van der Waals surface area contributed by atoms with Crippen molar-refractivity contribution in [2.45, 2.75) is 31.8 Å². The molecule has 1 aromatic carbocycles. The lowest BCUT2D eigenvalue weighted by Crippen LogP contribution is -2.42. The number of carbonyl (C=O) groups is 1. The van der Waals surface area contributed by atoms with E-state index in [1.807, 2.05) is 29.2 Å². The number of methoxy groups -OCH3 is 1. The summed E-state index contributed by atoms with van der Waals surface area (Å²) in [4.78, 5) is 14.6. The van der Waals surface area contributed by atoms with E-state index in [2.05, 4.69) is 0 Å². The van der Waals surface area contributed by atoms with Crippen molar-refractivity contribution in [2.24, 2.45) is 5.92 Å². The molecular weight excluding hydrogens is 294 g/mol. The zero-order valence-corrected chi connectivity index (χ0v) is 13.7. The summed E-state index contributed by atoms with van der Waals surface area (Å²) in [6.07, 6.45) is 4.27. The molecule has 2 fully saturated rings. The Morgan fingerprint density at radius 3 is 2.57 bits per heavy atom.